The van der Waals surface area contributed by atoms with Crippen LogP contribution >= 0.6 is 35.0 Å². The Hall–Kier alpha value is -2.47. The molecule has 0 bridgehead atoms. The highest BCUT2D eigenvalue weighted by Crippen LogP contribution is 2.26. The van der Waals surface area contributed by atoms with Gasteiger partial charge in [0.1, 0.15) is 6.04 Å². The van der Waals surface area contributed by atoms with Crippen molar-refractivity contribution >= 4 is 46.8 Å². The third kappa shape index (κ3) is 8.26. The molecule has 0 aromatic heterocycles. The molecule has 0 unspecified atom stereocenters. The van der Waals surface area contributed by atoms with Crippen LogP contribution in [0.3, 0.4) is 0 Å². The average Bonchev–Trinajstić information content (AvgIpc) is 2.93. The number of carbonyl (C=O) groups excluding carboxylic acids is 2. The highest BCUT2D eigenvalue weighted by molar-refractivity contribution is 8.00. The highest BCUT2D eigenvalue weighted by atomic mass is 35.5. The molecular formula is C31H34Cl2N2O2S. The molecule has 0 spiro atoms. The van der Waals surface area contributed by atoms with Crippen molar-refractivity contribution in [3.63, 3.8) is 0 Å². The molecule has 4 rings (SSSR count). The Bertz CT molecular complexity index is 1210. The number of aryl methyl sites for hydroxylation is 1. The first-order valence-corrected chi connectivity index (χ1v) is 14.9. The van der Waals surface area contributed by atoms with Crippen molar-refractivity contribution in [2.75, 3.05) is 5.75 Å². The van der Waals surface area contributed by atoms with E-state index in [2.05, 4.69) is 5.32 Å². The minimum absolute atomic E-state index is 0.0960. The van der Waals surface area contributed by atoms with Gasteiger partial charge in [-0.3, -0.25) is 9.59 Å². The molecular weight excluding hydrogens is 535 g/mol. The van der Waals surface area contributed by atoms with Gasteiger partial charge < -0.3 is 10.2 Å². The molecule has 1 atom stereocenters. The van der Waals surface area contributed by atoms with Crippen LogP contribution in [0.4, 0.5) is 0 Å². The molecule has 1 N–H and O–H groups in total. The van der Waals surface area contributed by atoms with Crippen LogP contribution in [0.15, 0.2) is 77.7 Å². The molecule has 2 amide bonds. The van der Waals surface area contributed by atoms with Gasteiger partial charge in [-0.15, -0.1) is 11.8 Å². The van der Waals surface area contributed by atoms with Gasteiger partial charge in [-0.1, -0.05) is 96.6 Å². The summed E-state index contributed by atoms with van der Waals surface area (Å²) < 4.78 is 0. The van der Waals surface area contributed by atoms with Gasteiger partial charge in [0.05, 0.1) is 15.8 Å². The number of rotatable bonds is 10. The molecule has 0 saturated heterocycles. The SMILES string of the molecule is Cc1ccc(SCC(=O)N(Cc2ccc(Cl)c(Cl)c2)[C@@H](Cc2ccccc2)C(=O)NC2CCCCC2)cc1. The molecule has 0 heterocycles. The summed E-state index contributed by atoms with van der Waals surface area (Å²) in [6.45, 7) is 2.30. The van der Waals surface area contributed by atoms with E-state index in [1.165, 1.54) is 23.7 Å². The number of hydrogen-bond acceptors (Lipinski definition) is 3. The molecule has 200 valence electrons. The smallest absolute Gasteiger partial charge is 0.243 e. The lowest BCUT2D eigenvalue weighted by molar-refractivity contribution is -0.139. The van der Waals surface area contributed by atoms with E-state index < -0.39 is 6.04 Å². The minimum Gasteiger partial charge on any atom is -0.352 e. The Balaban J connectivity index is 1.62. The van der Waals surface area contributed by atoms with Crippen LogP contribution < -0.4 is 5.32 Å². The number of carbonyl (C=O) groups is 2. The van der Waals surface area contributed by atoms with Crippen LogP contribution in [-0.4, -0.2) is 34.6 Å². The molecule has 0 radical (unpaired) electrons. The zero-order chi connectivity index (χ0) is 26.9. The van der Waals surface area contributed by atoms with Crippen molar-refractivity contribution < 1.29 is 9.59 Å². The van der Waals surface area contributed by atoms with Gasteiger partial charge in [0, 0.05) is 23.9 Å². The van der Waals surface area contributed by atoms with Crippen LogP contribution in [0.25, 0.3) is 0 Å². The van der Waals surface area contributed by atoms with Crippen molar-refractivity contribution in [1.82, 2.24) is 10.2 Å². The number of nitrogens with zero attached hydrogens (tertiary/aromatic N) is 1. The maximum absolute atomic E-state index is 13.8. The quantitative estimate of drug-likeness (QED) is 0.258. The van der Waals surface area contributed by atoms with E-state index in [0.29, 0.717) is 16.5 Å². The van der Waals surface area contributed by atoms with Crippen LogP contribution in [0.2, 0.25) is 10.0 Å². The molecule has 4 nitrogen and oxygen atoms in total. The van der Waals surface area contributed by atoms with E-state index in [4.69, 9.17) is 23.2 Å². The summed E-state index contributed by atoms with van der Waals surface area (Å²) >= 11 is 14.0. The van der Waals surface area contributed by atoms with Crippen LogP contribution in [0, 0.1) is 6.92 Å². The summed E-state index contributed by atoms with van der Waals surface area (Å²) in [7, 11) is 0. The van der Waals surface area contributed by atoms with Gasteiger partial charge in [0.15, 0.2) is 0 Å². The predicted octanol–water partition coefficient (Wildman–Crippen LogP) is 7.48. The lowest BCUT2D eigenvalue weighted by Crippen LogP contribution is -2.53. The predicted molar refractivity (Wildman–Crippen MR) is 158 cm³/mol. The van der Waals surface area contributed by atoms with Crippen molar-refractivity contribution in [2.45, 2.75) is 69.0 Å². The van der Waals surface area contributed by atoms with E-state index in [1.54, 1.807) is 17.0 Å². The highest BCUT2D eigenvalue weighted by Gasteiger charge is 2.32. The zero-order valence-electron chi connectivity index (χ0n) is 21.7. The van der Waals surface area contributed by atoms with Gasteiger partial charge >= 0.3 is 0 Å². The Kier molecular flexibility index (Phi) is 10.6. The first kappa shape index (κ1) is 28.5. The molecule has 0 aliphatic heterocycles. The van der Waals surface area contributed by atoms with Crippen molar-refractivity contribution in [2.24, 2.45) is 0 Å². The molecule has 3 aromatic carbocycles. The van der Waals surface area contributed by atoms with E-state index >= 15 is 0 Å². The summed E-state index contributed by atoms with van der Waals surface area (Å²) in [6, 6.07) is 22.9. The second-order valence-corrected chi connectivity index (χ2v) is 11.8. The molecule has 38 heavy (non-hydrogen) atoms. The maximum Gasteiger partial charge on any atom is 0.243 e. The molecule has 1 fully saturated rings. The fourth-order valence-electron chi connectivity index (χ4n) is 4.80. The summed E-state index contributed by atoms with van der Waals surface area (Å²) in [5, 5.41) is 4.16. The maximum atomic E-state index is 13.8. The van der Waals surface area contributed by atoms with Crippen molar-refractivity contribution in [3.8, 4) is 0 Å². The number of thioether (sulfide) groups is 1. The molecule has 7 heteroatoms. The monoisotopic (exact) mass is 568 g/mol. The van der Waals surface area contributed by atoms with E-state index in [-0.39, 0.29) is 30.2 Å². The standard InChI is InChI=1S/C31H34Cl2N2O2S/c1-22-12-15-26(16-13-22)38-21-30(36)35(20-24-14-17-27(32)28(33)18-24)29(19-23-8-4-2-5-9-23)31(37)34-25-10-6-3-7-11-25/h2,4-5,8-9,12-18,25,29H,3,6-7,10-11,19-21H2,1H3,(H,34,37)/t29-/m0/s1. The third-order valence-corrected chi connectivity index (χ3v) is 8.68. The Morgan fingerprint density at radius 1 is 0.921 bits per heavy atom. The van der Waals surface area contributed by atoms with Crippen LogP contribution in [-0.2, 0) is 22.6 Å². The fraction of sp³-hybridized carbons (Fsp3) is 0.355. The number of benzene rings is 3. The number of amides is 2. The summed E-state index contributed by atoms with van der Waals surface area (Å²) in [4.78, 5) is 30.4. The molecule has 1 aliphatic rings. The van der Waals surface area contributed by atoms with Crippen LogP contribution in [0.5, 0.6) is 0 Å². The first-order chi connectivity index (χ1) is 18.4. The lowest BCUT2D eigenvalue weighted by atomic mass is 9.94. The Morgan fingerprint density at radius 2 is 1.63 bits per heavy atom. The van der Waals surface area contributed by atoms with Gasteiger partial charge in [-0.05, 0) is 55.2 Å². The number of hydrogen-bond donors (Lipinski definition) is 1. The van der Waals surface area contributed by atoms with E-state index in [9.17, 15) is 9.59 Å². The first-order valence-electron chi connectivity index (χ1n) is 13.2. The number of halogens is 2. The summed E-state index contributed by atoms with van der Waals surface area (Å²) in [6.07, 6.45) is 5.84. The van der Waals surface area contributed by atoms with Crippen molar-refractivity contribution in [1.29, 1.82) is 0 Å². The summed E-state index contributed by atoms with van der Waals surface area (Å²) in [5.74, 6) is 0.0303. The Morgan fingerprint density at radius 3 is 2.32 bits per heavy atom. The fourth-order valence-corrected chi connectivity index (χ4v) is 5.90. The molecule has 3 aromatic rings. The second kappa shape index (κ2) is 14.1. The normalized spacial score (nSPS) is 14.6. The minimum atomic E-state index is -0.653. The van der Waals surface area contributed by atoms with E-state index in [0.717, 1.165) is 41.7 Å². The number of nitrogens with one attached hydrogen (secondary N) is 1. The summed E-state index contributed by atoms with van der Waals surface area (Å²) in [5.41, 5.74) is 3.01. The zero-order valence-corrected chi connectivity index (χ0v) is 24.0. The molecule has 1 saturated carbocycles. The second-order valence-electron chi connectivity index (χ2n) is 9.92. The van der Waals surface area contributed by atoms with Gasteiger partial charge in [-0.2, -0.15) is 0 Å². The van der Waals surface area contributed by atoms with Gasteiger partial charge in [0.2, 0.25) is 11.8 Å². The third-order valence-electron chi connectivity index (χ3n) is 6.94. The van der Waals surface area contributed by atoms with Gasteiger partial charge in [0.25, 0.3) is 0 Å². The lowest BCUT2D eigenvalue weighted by Gasteiger charge is -2.33. The van der Waals surface area contributed by atoms with E-state index in [1.807, 2.05) is 67.6 Å². The molecule has 1 aliphatic carbocycles. The largest absolute Gasteiger partial charge is 0.352 e. The van der Waals surface area contributed by atoms with Crippen molar-refractivity contribution in [3.05, 3.63) is 99.5 Å². The van der Waals surface area contributed by atoms with Gasteiger partial charge in [-0.25, -0.2) is 0 Å². The Labute approximate surface area is 240 Å². The average molecular weight is 570 g/mol. The van der Waals surface area contributed by atoms with Crippen LogP contribution in [0.1, 0.15) is 48.8 Å². The topological polar surface area (TPSA) is 49.4 Å².